The van der Waals surface area contributed by atoms with Crippen LogP contribution in [0.15, 0.2) is 83.8 Å². The van der Waals surface area contributed by atoms with Gasteiger partial charge in [-0.2, -0.15) is 0 Å². The van der Waals surface area contributed by atoms with Crippen LogP contribution in [-0.2, 0) is 10.0 Å². The van der Waals surface area contributed by atoms with E-state index in [1.54, 1.807) is 36.4 Å². The second kappa shape index (κ2) is 11.4. The van der Waals surface area contributed by atoms with Gasteiger partial charge in [0.2, 0.25) is 0 Å². The predicted molar refractivity (Wildman–Crippen MR) is 137 cm³/mol. The van der Waals surface area contributed by atoms with Gasteiger partial charge in [-0.3, -0.25) is 14.4 Å². The van der Waals surface area contributed by atoms with E-state index >= 15 is 0 Å². The van der Waals surface area contributed by atoms with E-state index in [0.717, 1.165) is 13.1 Å². The second-order valence-electron chi connectivity index (χ2n) is 8.47. The van der Waals surface area contributed by atoms with Crippen LogP contribution in [0.25, 0.3) is 0 Å². The molecule has 35 heavy (non-hydrogen) atoms. The van der Waals surface area contributed by atoms with Crippen molar-refractivity contribution in [3.8, 4) is 5.75 Å². The Morgan fingerprint density at radius 2 is 1.60 bits per heavy atom. The van der Waals surface area contributed by atoms with Crippen molar-refractivity contribution in [2.45, 2.75) is 30.7 Å². The zero-order valence-corrected chi connectivity index (χ0v) is 20.6. The molecule has 0 radical (unpaired) electrons. The Hall–Kier alpha value is -3.36. The average Bonchev–Trinajstić information content (AvgIpc) is 3.40. The Bertz CT molecular complexity index is 1210. The molecule has 4 rings (SSSR count). The number of nitrogens with one attached hydrogen (secondary N) is 2. The third-order valence-electron chi connectivity index (χ3n) is 6.07. The lowest BCUT2D eigenvalue weighted by Crippen LogP contribution is -2.36. The molecule has 0 unspecified atom stereocenters. The fourth-order valence-electron chi connectivity index (χ4n) is 4.26. The highest BCUT2D eigenvalue weighted by atomic mass is 32.2. The summed E-state index contributed by atoms with van der Waals surface area (Å²) in [7, 11) is -3.75. The molecule has 0 aromatic heterocycles. The van der Waals surface area contributed by atoms with Gasteiger partial charge in [-0.15, -0.1) is 0 Å². The minimum Gasteiger partial charge on any atom is -0.494 e. The van der Waals surface area contributed by atoms with Gasteiger partial charge < -0.3 is 10.1 Å². The van der Waals surface area contributed by atoms with Crippen molar-refractivity contribution in [3.05, 3.63) is 90.0 Å². The Kier molecular flexibility index (Phi) is 8.05. The van der Waals surface area contributed by atoms with E-state index in [2.05, 4.69) is 27.1 Å². The quantitative estimate of drug-likeness (QED) is 0.436. The number of sulfonamides is 1. The monoisotopic (exact) mass is 493 g/mol. The molecule has 1 heterocycles. The topological polar surface area (TPSA) is 87.7 Å². The molecule has 1 aliphatic rings. The number of benzene rings is 3. The summed E-state index contributed by atoms with van der Waals surface area (Å²) < 4.78 is 33.3. The van der Waals surface area contributed by atoms with Crippen LogP contribution in [0.3, 0.4) is 0 Å². The maximum atomic E-state index is 12.8. The predicted octanol–water partition coefficient (Wildman–Crippen LogP) is 4.45. The Labute approximate surface area is 207 Å². The van der Waals surface area contributed by atoms with Crippen LogP contribution in [0.4, 0.5) is 5.69 Å². The first-order chi connectivity index (χ1) is 17.0. The summed E-state index contributed by atoms with van der Waals surface area (Å²) in [5.74, 6) is 0.423. The van der Waals surface area contributed by atoms with Gasteiger partial charge in [0.15, 0.2) is 0 Å². The molecule has 0 saturated carbocycles. The number of amides is 1. The highest BCUT2D eigenvalue weighted by molar-refractivity contribution is 7.92. The van der Waals surface area contributed by atoms with Crippen LogP contribution in [0, 0.1) is 0 Å². The van der Waals surface area contributed by atoms with Crippen LogP contribution in [0.1, 0.15) is 41.7 Å². The lowest BCUT2D eigenvalue weighted by atomic mass is 10.1. The lowest BCUT2D eigenvalue weighted by Gasteiger charge is -2.28. The third-order valence-corrected chi connectivity index (χ3v) is 7.46. The normalized spacial score (nSPS) is 14.9. The largest absolute Gasteiger partial charge is 0.494 e. The van der Waals surface area contributed by atoms with E-state index in [4.69, 9.17) is 4.74 Å². The summed E-state index contributed by atoms with van der Waals surface area (Å²) in [6, 6.07) is 23.0. The third kappa shape index (κ3) is 6.41. The molecule has 0 aliphatic carbocycles. The zero-order valence-electron chi connectivity index (χ0n) is 19.8. The number of anilines is 1. The first-order valence-electron chi connectivity index (χ1n) is 11.9. The number of carbonyl (C=O) groups is 1. The molecule has 3 aromatic rings. The van der Waals surface area contributed by atoms with Crippen LogP contribution >= 0.6 is 0 Å². The van der Waals surface area contributed by atoms with Crippen molar-refractivity contribution in [1.82, 2.24) is 10.2 Å². The molecule has 0 spiro atoms. The molecule has 7 nitrogen and oxygen atoms in total. The van der Waals surface area contributed by atoms with Crippen molar-refractivity contribution in [1.29, 1.82) is 0 Å². The first kappa shape index (κ1) is 24.8. The Morgan fingerprint density at radius 3 is 2.23 bits per heavy atom. The molecule has 2 N–H and O–H groups in total. The van der Waals surface area contributed by atoms with E-state index < -0.39 is 10.0 Å². The lowest BCUT2D eigenvalue weighted by molar-refractivity contribution is 0.0938. The highest BCUT2D eigenvalue weighted by Gasteiger charge is 2.24. The van der Waals surface area contributed by atoms with E-state index in [0.29, 0.717) is 30.2 Å². The Morgan fingerprint density at radius 1 is 0.943 bits per heavy atom. The van der Waals surface area contributed by atoms with E-state index in [1.807, 2.05) is 25.1 Å². The first-order valence-corrected chi connectivity index (χ1v) is 13.4. The number of likely N-dealkylation sites (tertiary alicyclic amines) is 1. The van der Waals surface area contributed by atoms with Crippen molar-refractivity contribution >= 4 is 21.6 Å². The number of rotatable bonds is 10. The fraction of sp³-hybridized carbons (Fsp3) is 0.296. The van der Waals surface area contributed by atoms with Gasteiger partial charge in [0.05, 0.1) is 17.5 Å². The van der Waals surface area contributed by atoms with Gasteiger partial charge in [-0.1, -0.05) is 30.3 Å². The van der Waals surface area contributed by atoms with Gasteiger partial charge in [-0.25, -0.2) is 8.42 Å². The molecule has 1 saturated heterocycles. The molecule has 184 valence electrons. The summed E-state index contributed by atoms with van der Waals surface area (Å²) in [5, 5.41) is 3.05. The minimum absolute atomic E-state index is 0.128. The SMILES string of the molecule is CCOc1ccc(S(=O)(=O)Nc2ccc(C(=O)NC[C@@H](c3ccccc3)N3CCCC3)cc2)cc1. The number of hydrogen-bond acceptors (Lipinski definition) is 5. The summed E-state index contributed by atoms with van der Waals surface area (Å²) in [6.07, 6.45) is 2.34. The van der Waals surface area contributed by atoms with E-state index in [1.165, 1.54) is 30.5 Å². The van der Waals surface area contributed by atoms with Gasteiger partial charge >= 0.3 is 0 Å². The smallest absolute Gasteiger partial charge is 0.261 e. The van der Waals surface area contributed by atoms with Gasteiger partial charge in [-0.05, 0) is 86.9 Å². The molecular weight excluding hydrogens is 462 g/mol. The van der Waals surface area contributed by atoms with Gasteiger partial charge in [0, 0.05) is 17.8 Å². The molecule has 1 amide bonds. The minimum atomic E-state index is -3.75. The summed E-state index contributed by atoms with van der Waals surface area (Å²) in [5.41, 5.74) is 2.05. The summed E-state index contributed by atoms with van der Waals surface area (Å²) in [4.78, 5) is 15.4. The van der Waals surface area contributed by atoms with Crippen LogP contribution in [0.2, 0.25) is 0 Å². The number of nitrogens with zero attached hydrogens (tertiary/aromatic N) is 1. The maximum Gasteiger partial charge on any atom is 0.261 e. The molecular formula is C27H31N3O4S. The van der Waals surface area contributed by atoms with Crippen molar-refractivity contribution < 1.29 is 17.9 Å². The number of ether oxygens (including phenoxy) is 1. The van der Waals surface area contributed by atoms with Crippen molar-refractivity contribution in [2.24, 2.45) is 0 Å². The maximum absolute atomic E-state index is 12.8. The van der Waals surface area contributed by atoms with Crippen LogP contribution < -0.4 is 14.8 Å². The van der Waals surface area contributed by atoms with Crippen LogP contribution in [0.5, 0.6) is 5.75 Å². The van der Waals surface area contributed by atoms with Gasteiger partial charge in [0.1, 0.15) is 5.75 Å². The number of hydrogen-bond donors (Lipinski definition) is 2. The second-order valence-corrected chi connectivity index (χ2v) is 10.1. The average molecular weight is 494 g/mol. The zero-order chi connectivity index (χ0) is 24.7. The molecule has 1 aliphatic heterocycles. The molecule has 1 fully saturated rings. The molecule has 3 aromatic carbocycles. The van der Waals surface area contributed by atoms with E-state index in [-0.39, 0.29) is 16.8 Å². The van der Waals surface area contributed by atoms with Crippen molar-refractivity contribution in [3.63, 3.8) is 0 Å². The molecule has 1 atom stereocenters. The molecule has 0 bridgehead atoms. The van der Waals surface area contributed by atoms with Gasteiger partial charge in [0.25, 0.3) is 15.9 Å². The van der Waals surface area contributed by atoms with Crippen molar-refractivity contribution in [2.75, 3.05) is 31.0 Å². The number of carbonyl (C=O) groups excluding carboxylic acids is 1. The highest BCUT2D eigenvalue weighted by Crippen LogP contribution is 2.25. The molecule has 8 heteroatoms. The Balaban J connectivity index is 1.38. The fourth-order valence-corrected chi connectivity index (χ4v) is 5.32. The summed E-state index contributed by atoms with van der Waals surface area (Å²) in [6.45, 7) is 4.94. The van der Waals surface area contributed by atoms with Crippen LogP contribution in [-0.4, -0.2) is 45.5 Å². The van der Waals surface area contributed by atoms with E-state index in [9.17, 15) is 13.2 Å². The summed E-state index contributed by atoms with van der Waals surface area (Å²) >= 11 is 0. The standard InChI is InChI=1S/C27H31N3O4S/c1-2-34-24-14-16-25(17-15-24)35(32,33)29-23-12-10-22(11-13-23)27(31)28-20-26(30-18-6-7-19-30)21-8-4-3-5-9-21/h3-5,8-17,26,29H,2,6-7,18-20H2,1H3,(H,28,31)/t26-/m0/s1.